The molecule has 9 heteroatoms. The lowest BCUT2D eigenvalue weighted by Gasteiger charge is -2.11. The molecule has 1 aliphatic rings. The molecule has 2 aromatic heterocycles. The maximum atomic E-state index is 12.3. The van der Waals surface area contributed by atoms with E-state index < -0.39 is 16.1 Å². The van der Waals surface area contributed by atoms with Gasteiger partial charge in [0.2, 0.25) is 5.89 Å². The molecule has 2 heterocycles. The van der Waals surface area contributed by atoms with Gasteiger partial charge < -0.3 is 4.52 Å². The first-order valence-electron chi connectivity index (χ1n) is 6.89. The second-order valence-electron chi connectivity index (χ2n) is 5.09. The molecule has 0 radical (unpaired) electrons. The summed E-state index contributed by atoms with van der Waals surface area (Å²) < 4.78 is 33.8. The van der Waals surface area contributed by atoms with E-state index in [2.05, 4.69) is 20.0 Å². The van der Waals surface area contributed by atoms with E-state index in [-0.39, 0.29) is 10.9 Å². The predicted octanol–water partition coefficient (Wildman–Crippen LogP) is 1.20. The summed E-state index contributed by atoms with van der Waals surface area (Å²) in [6, 6.07) is 0.873. The summed E-state index contributed by atoms with van der Waals surface area (Å²) in [6.07, 6.45) is 3.59. The molecule has 1 fully saturated rings. The Morgan fingerprint density at radius 2 is 2.29 bits per heavy atom. The highest BCUT2D eigenvalue weighted by molar-refractivity contribution is 7.89. The molecule has 114 valence electrons. The Hall–Kier alpha value is -1.74. The lowest BCUT2D eigenvalue weighted by molar-refractivity contribution is 0.349. The zero-order chi connectivity index (χ0) is 15.0. The lowest BCUT2D eigenvalue weighted by atomic mass is 10.3. The van der Waals surface area contributed by atoms with Gasteiger partial charge in [-0.2, -0.15) is 14.8 Å². The van der Waals surface area contributed by atoms with E-state index in [9.17, 15) is 8.42 Å². The average molecular weight is 311 g/mol. The minimum absolute atomic E-state index is 0.124. The Bertz CT molecular complexity index is 732. The molecule has 0 aliphatic heterocycles. The molecule has 21 heavy (non-hydrogen) atoms. The fourth-order valence-corrected chi connectivity index (χ4v) is 3.44. The van der Waals surface area contributed by atoms with Crippen molar-refractivity contribution in [2.24, 2.45) is 0 Å². The standard InChI is InChI=1S/C12H17N5O3S/c1-3-17-10(6-7-13-17)21(18,19)16-8(2)12-14-11(15-20-12)9-4-5-9/h6-9,16H,3-5H2,1-2H3. The average Bonchev–Trinajstić information content (AvgIpc) is 3.00. The Morgan fingerprint density at radius 3 is 2.95 bits per heavy atom. The number of rotatable bonds is 6. The molecule has 0 spiro atoms. The maximum absolute atomic E-state index is 12.3. The van der Waals surface area contributed by atoms with Crippen LogP contribution >= 0.6 is 0 Å². The van der Waals surface area contributed by atoms with Crippen molar-refractivity contribution >= 4 is 10.0 Å². The van der Waals surface area contributed by atoms with Crippen LogP contribution in [-0.4, -0.2) is 28.3 Å². The molecule has 0 saturated heterocycles. The van der Waals surface area contributed by atoms with Crippen LogP contribution < -0.4 is 4.72 Å². The van der Waals surface area contributed by atoms with Crippen molar-refractivity contribution in [1.29, 1.82) is 0 Å². The lowest BCUT2D eigenvalue weighted by Crippen LogP contribution is -2.29. The van der Waals surface area contributed by atoms with E-state index in [0.29, 0.717) is 18.3 Å². The fourth-order valence-electron chi connectivity index (χ4n) is 2.06. The summed E-state index contributed by atoms with van der Waals surface area (Å²) in [5.74, 6) is 1.31. The third-order valence-corrected chi connectivity index (χ3v) is 4.92. The van der Waals surface area contributed by atoms with E-state index >= 15 is 0 Å². The summed E-state index contributed by atoms with van der Waals surface area (Å²) in [6.45, 7) is 3.98. The first kappa shape index (κ1) is 14.2. The third kappa shape index (κ3) is 2.84. The quantitative estimate of drug-likeness (QED) is 0.860. The highest BCUT2D eigenvalue weighted by Gasteiger charge is 2.31. The molecular weight excluding hydrogens is 294 g/mol. The van der Waals surface area contributed by atoms with E-state index in [0.717, 1.165) is 12.8 Å². The van der Waals surface area contributed by atoms with Crippen molar-refractivity contribution in [2.45, 2.75) is 50.2 Å². The van der Waals surface area contributed by atoms with E-state index in [1.165, 1.54) is 16.9 Å². The molecule has 3 rings (SSSR count). The zero-order valence-corrected chi connectivity index (χ0v) is 12.7. The summed E-state index contributed by atoms with van der Waals surface area (Å²) in [7, 11) is -3.68. The summed E-state index contributed by atoms with van der Waals surface area (Å²) in [5, 5.41) is 7.97. The number of sulfonamides is 1. The normalized spacial score (nSPS) is 17.0. The van der Waals surface area contributed by atoms with Crippen LogP contribution in [0.3, 0.4) is 0 Å². The molecule has 1 atom stereocenters. The van der Waals surface area contributed by atoms with Crippen LogP contribution in [0, 0.1) is 0 Å². The van der Waals surface area contributed by atoms with Crippen LogP contribution in [0.25, 0.3) is 0 Å². The van der Waals surface area contributed by atoms with Crippen LogP contribution in [0.4, 0.5) is 0 Å². The third-order valence-electron chi connectivity index (χ3n) is 3.35. The van der Waals surface area contributed by atoms with Gasteiger partial charge >= 0.3 is 0 Å². The topological polar surface area (TPSA) is 103 Å². The highest BCUT2D eigenvalue weighted by Crippen LogP contribution is 2.38. The van der Waals surface area contributed by atoms with Gasteiger partial charge in [0.15, 0.2) is 10.9 Å². The first-order valence-corrected chi connectivity index (χ1v) is 8.37. The Labute approximate surface area is 122 Å². The second-order valence-corrected chi connectivity index (χ2v) is 6.75. The van der Waals surface area contributed by atoms with Crippen LogP contribution in [0.1, 0.15) is 50.4 Å². The van der Waals surface area contributed by atoms with E-state index in [1.807, 2.05) is 6.92 Å². The molecule has 1 N–H and O–H groups in total. The van der Waals surface area contributed by atoms with Gasteiger partial charge in [0.05, 0.1) is 12.2 Å². The van der Waals surface area contributed by atoms with Gasteiger partial charge in [0.1, 0.15) is 0 Å². The van der Waals surface area contributed by atoms with Crippen LogP contribution in [0.2, 0.25) is 0 Å². The number of aryl methyl sites for hydroxylation is 1. The van der Waals surface area contributed by atoms with Crippen LogP contribution in [0.15, 0.2) is 21.8 Å². The SMILES string of the molecule is CCn1nccc1S(=O)(=O)NC(C)c1nc(C2CC2)no1. The van der Waals surface area contributed by atoms with Crippen LogP contribution in [-0.2, 0) is 16.6 Å². The fraction of sp³-hybridized carbons (Fsp3) is 0.583. The summed E-state index contributed by atoms with van der Waals surface area (Å²) >= 11 is 0. The van der Waals surface area contributed by atoms with Gasteiger partial charge in [-0.1, -0.05) is 5.16 Å². The zero-order valence-electron chi connectivity index (χ0n) is 11.9. The minimum atomic E-state index is -3.68. The second kappa shape index (κ2) is 5.23. The van der Waals surface area contributed by atoms with Gasteiger partial charge in [0.25, 0.3) is 10.0 Å². The molecule has 8 nitrogen and oxygen atoms in total. The molecular formula is C12H17N5O3S. The smallest absolute Gasteiger partial charge is 0.258 e. The number of aromatic nitrogens is 4. The predicted molar refractivity (Wildman–Crippen MR) is 72.9 cm³/mol. The first-order chi connectivity index (χ1) is 10.0. The van der Waals surface area contributed by atoms with Crippen molar-refractivity contribution in [3.63, 3.8) is 0 Å². The van der Waals surface area contributed by atoms with E-state index in [1.54, 1.807) is 6.92 Å². The number of hydrogen-bond acceptors (Lipinski definition) is 6. The highest BCUT2D eigenvalue weighted by atomic mass is 32.2. The van der Waals surface area contributed by atoms with E-state index in [4.69, 9.17) is 4.52 Å². The van der Waals surface area contributed by atoms with Crippen molar-refractivity contribution in [2.75, 3.05) is 0 Å². The molecule has 0 bridgehead atoms. The Kier molecular flexibility index (Phi) is 3.54. The number of hydrogen-bond donors (Lipinski definition) is 1. The van der Waals surface area contributed by atoms with Gasteiger partial charge in [0, 0.05) is 12.5 Å². The summed E-state index contributed by atoms with van der Waals surface area (Å²) in [5.41, 5.74) is 0. The summed E-state index contributed by atoms with van der Waals surface area (Å²) in [4.78, 5) is 4.25. The number of nitrogens with one attached hydrogen (secondary N) is 1. The van der Waals surface area contributed by atoms with Crippen molar-refractivity contribution < 1.29 is 12.9 Å². The Balaban J connectivity index is 1.77. The minimum Gasteiger partial charge on any atom is -0.338 e. The maximum Gasteiger partial charge on any atom is 0.258 e. The molecule has 1 unspecified atom stereocenters. The van der Waals surface area contributed by atoms with Crippen LogP contribution in [0.5, 0.6) is 0 Å². The number of nitrogens with zero attached hydrogens (tertiary/aromatic N) is 4. The molecule has 1 aliphatic carbocycles. The van der Waals surface area contributed by atoms with Crippen molar-refractivity contribution in [3.05, 3.63) is 24.0 Å². The molecule has 0 amide bonds. The van der Waals surface area contributed by atoms with Gasteiger partial charge in [-0.15, -0.1) is 0 Å². The largest absolute Gasteiger partial charge is 0.338 e. The van der Waals surface area contributed by atoms with Crippen molar-refractivity contribution in [3.8, 4) is 0 Å². The van der Waals surface area contributed by atoms with Gasteiger partial charge in [-0.25, -0.2) is 8.42 Å². The molecule has 0 aromatic carbocycles. The van der Waals surface area contributed by atoms with Crippen molar-refractivity contribution in [1.82, 2.24) is 24.6 Å². The van der Waals surface area contributed by atoms with Gasteiger partial charge in [-0.3, -0.25) is 4.68 Å². The van der Waals surface area contributed by atoms with Gasteiger partial charge in [-0.05, 0) is 32.8 Å². The Morgan fingerprint density at radius 1 is 1.52 bits per heavy atom. The molecule has 1 saturated carbocycles. The molecule has 2 aromatic rings. The monoisotopic (exact) mass is 311 g/mol.